The summed E-state index contributed by atoms with van der Waals surface area (Å²) in [7, 11) is 0. The summed E-state index contributed by atoms with van der Waals surface area (Å²) in [4.78, 5) is 10.5. The van der Waals surface area contributed by atoms with Crippen molar-refractivity contribution in [2.75, 3.05) is 13.1 Å². The van der Waals surface area contributed by atoms with E-state index in [1.807, 2.05) is 24.5 Å². The molecule has 0 bridgehead atoms. The highest BCUT2D eigenvalue weighted by Gasteiger charge is 2.33. The summed E-state index contributed by atoms with van der Waals surface area (Å²) in [6.45, 7) is 6.83. The van der Waals surface area contributed by atoms with Gasteiger partial charge in [0.15, 0.2) is 0 Å². The molecule has 3 nitrogen and oxygen atoms in total. The lowest BCUT2D eigenvalue weighted by molar-refractivity contribution is 0.276. The number of rotatable bonds is 3. The fourth-order valence-electron chi connectivity index (χ4n) is 5.20. The van der Waals surface area contributed by atoms with E-state index in [1.54, 1.807) is 0 Å². The van der Waals surface area contributed by atoms with Gasteiger partial charge in [-0.2, -0.15) is 0 Å². The van der Waals surface area contributed by atoms with Crippen molar-refractivity contribution in [2.45, 2.75) is 39.2 Å². The van der Waals surface area contributed by atoms with Crippen LogP contribution in [0.15, 0.2) is 54.4 Å². The Morgan fingerprint density at radius 3 is 2.48 bits per heavy atom. The number of aromatic nitrogens is 2. The van der Waals surface area contributed by atoms with Crippen LogP contribution in [0, 0.1) is 12.7 Å². The molecule has 0 amide bonds. The lowest BCUT2D eigenvalue weighted by Gasteiger charge is -2.33. The number of fused-ring (bicyclic) bond motifs is 1. The smallest absolute Gasteiger partial charge is 0.123 e. The highest BCUT2D eigenvalue weighted by atomic mass is 19.1. The third-order valence-electron chi connectivity index (χ3n) is 6.58. The molecule has 5 rings (SSSR count). The second kappa shape index (κ2) is 7.27. The van der Waals surface area contributed by atoms with Gasteiger partial charge in [-0.05, 0) is 92.8 Å². The number of benzene rings is 1. The highest BCUT2D eigenvalue weighted by Crippen LogP contribution is 2.44. The average Bonchev–Trinajstić information content (AvgIpc) is 3.35. The Hall–Kier alpha value is -2.72. The van der Waals surface area contributed by atoms with E-state index in [4.69, 9.17) is 0 Å². The first-order valence-corrected chi connectivity index (χ1v) is 10.5. The molecule has 1 atom stereocenters. The highest BCUT2D eigenvalue weighted by molar-refractivity contribution is 5.93. The number of hydrogen-bond acceptors (Lipinski definition) is 2. The molecule has 0 spiro atoms. The van der Waals surface area contributed by atoms with Crippen LogP contribution < -0.4 is 0 Å². The Balaban J connectivity index is 1.74. The molecule has 2 aliphatic rings. The Kier molecular flexibility index (Phi) is 4.59. The molecule has 4 heterocycles. The van der Waals surface area contributed by atoms with Gasteiger partial charge in [-0.15, -0.1) is 0 Å². The lowest BCUT2D eigenvalue weighted by atomic mass is 9.85. The molecule has 1 fully saturated rings. The van der Waals surface area contributed by atoms with Crippen LogP contribution in [-0.4, -0.2) is 34.0 Å². The second-order valence-corrected chi connectivity index (χ2v) is 8.22. The molecular weight excluding hydrogens is 361 g/mol. The maximum atomic E-state index is 13.5. The van der Waals surface area contributed by atoms with Crippen LogP contribution in [0.25, 0.3) is 28.0 Å². The Bertz CT molecular complexity index is 1060. The molecule has 4 heteroatoms. The molecule has 0 saturated carbocycles. The van der Waals surface area contributed by atoms with Crippen molar-refractivity contribution < 1.29 is 4.39 Å². The summed E-state index contributed by atoms with van der Waals surface area (Å²) < 4.78 is 13.5. The lowest BCUT2D eigenvalue weighted by Crippen LogP contribution is -2.35. The van der Waals surface area contributed by atoms with E-state index in [0.29, 0.717) is 6.04 Å². The normalized spacial score (nSPS) is 19.6. The second-order valence-electron chi connectivity index (χ2n) is 8.22. The minimum absolute atomic E-state index is 0.213. The van der Waals surface area contributed by atoms with E-state index in [2.05, 4.69) is 40.8 Å². The van der Waals surface area contributed by atoms with Gasteiger partial charge in [0.25, 0.3) is 0 Å². The minimum atomic E-state index is -0.213. The monoisotopic (exact) mass is 387 g/mol. The van der Waals surface area contributed by atoms with Gasteiger partial charge in [-0.1, -0.05) is 5.57 Å². The number of nitrogens with zero attached hydrogens (tertiary/aromatic N) is 2. The van der Waals surface area contributed by atoms with Crippen molar-refractivity contribution in [3.8, 4) is 22.4 Å². The first-order valence-electron chi connectivity index (χ1n) is 10.5. The van der Waals surface area contributed by atoms with E-state index in [1.165, 1.54) is 59.5 Å². The summed E-state index contributed by atoms with van der Waals surface area (Å²) in [5, 5.41) is 0. The fraction of sp³-hybridized carbons (Fsp3) is 0.320. The molecule has 0 radical (unpaired) electrons. The molecular formula is C25H26FN3. The molecule has 2 aromatic heterocycles. The van der Waals surface area contributed by atoms with Gasteiger partial charge in [-0.3, -0.25) is 9.88 Å². The largest absolute Gasteiger partial charge is 0.358 e. The van der Waals surface area contributed by atoms with Crippen molar-refractivity contribution in [3.63, 3.8) is 0 Å². The number of nitrogens with one attached hydrogen (secondary N) is 1. The van der Waals surface area contributed by atoms with Crippen LogP contribution in [-0.2, 0) is 0 Å². The molecule has 0 aliphatic carbocycles. The van der Waals surface area contributed by atoms with E-state index in [0.717, 1.165) is 29.8 Å². The van der Waals surface area contributed by atoms with Crippen LogP contribution in [0.5, 0.6) is 0 Å². The van der Waals surface area contributed by atoms with Crippen molar-refractivity contribution in [1.82, 2.24) is 14.9 Å². The van der Waals surface area contributed by atoms with Gasteiger partial charge >= 0.3 is 0 Å². The number of aryl methyl sites for hydroxylation is 1. The molecule has 1 aromatic carbocycles. The van der Waals surface area contributed by atoms with Crippen molar-refractivity contribution >= 4 is 5.57 Å². The maximum absolute atomic E-state index is 13.5. The fourth-order valence-corrected chi connectivity index (χ4v) is 5.20. The Morgan fingerprint density at radius 2 is 1.72 bits per heavy atom. The Labute approximate surface area is 171 Å². The molecule has 148 valence electrons. The first-order chi connectivity index (χ1) is 14.1. The molecule has 1 saturated heterocycles. The van der Waals surface area contributed by atoms with Crippen LogP contribution >= 0.6 is 0 Å². The van der Waals surface area contributed by atoms with E-state index in [9.17, 15) is 4.39 Å². The Morgan fingerprint density at radius 1 is 0.966 bits per heavy atom. The van der Waals surface area contributed by atoms with Crippen molar-refractivity contribution in [1.29, 1.82) is 0 Å². The summed E-state index contributed by atoms with van der Waals surface area (Å²) in [5.41, 5.74) is 9.89. The molecule has 1 N–H and O–H groups in total. The van der Waals surface area contributed by atoms with Gasteiger partial charge in [-0.25, -0.2) is 4.39 Å². The zero-order chi connectivity index (χ0) is 20.0. The van der Waals surface area contributed by atoms with Gasteiger partial charge in [0.2, 0.25) is 0 Å². The third-order valence-corrected chi connectivity index (χ3v) is 6.58. The van der Waals surface area contributed by atoms with E-state index >= 15 is 0 Å². The summed E-state index contributed by atoms with van der Waals surface area (Å²) in [6.07, 6.45) is 7.31. The van der Waals surface area contributed by atoms with Crippen molar-refractivity contribution in [2.24, 2.45) is 0 Å². The van der Waals surface area contributed by atoms with Crippen molar-refractivity contribution in [3.05, 3.63) is 71.4 Å². The van der Waals surface area contributed by atoms with Crippen LogP contribution in [0.1, 0.15) is 37.4 Å². The van der Waals surface area contributed by atoms with E-state index in [-0.39, 0.29) is 5.82 Å². The van der Waals surface area contributed by atoms with Crippen LogP contribution in [0.4, 0.5) is 4.39 Å². The quantitative estimate of drug-likeness (QED) is 0.613. The third kappa shape index (κ3) is 3.12. The van der Waals surface area contributed by atoms with Gasteiger partial charge in [0, 0.05) is 41.8 Å². The zero-order valence-corrected chi connectivity index (χ0v) is 17.0. The van der Waals surface area contributed by atoms with Gasteiger partial charge < -0.3 is 4.98 Å². The van der Waals surface area contributed by atoms with Gasteiger partial charge in [0.05, 0.1) is 5.69 Å². The maximum Gasteiger partial charge on any atom is 0.123 e. The molecule has 2 aliphatic heterocycles. The predicted octanol–water partition coefficient (Wildman–Crippen LogP) is 5.83. The van der Waals surface area contributed by atoms with E-state index < -0.39 is 0 Å². The topological polar surface area (TPSA) is 31.9 Å². The first kappa shape index (κ1) is 18.3. The average molecular weight is 388 g/mol. The summed E-state index contributed by atoms with van der Waals surface area (Å²) in [5.74, 6) is -0.213. The number of hydrogen-bond donors (Lipinski definition) is 1. The molecule has 3 aromatic rings. The minimum Gasteiger partial charge on any atom is -0.358 e. The SMILES string of the molecule is CC1=C(c2c(C)[nH]c(-c3ccc(F)cc3)c2-c2ccncc2)CCN2CCCC12. The zero-order valence-electron chi connectivity index (χ0n) is 17.0. The number of pyridine rings is 1. The summed E-state index contributed by atoms with van der Waals surface area (Å²) in [6, 6.07) is 11.5. The predicted molar refractivity (Wildman–Crippen MR) is 116 cm³/mol. The number of halogens is 1. The number of aromatic amines is 1. The number of H-pyrrole nitrogens is 1. The molecule has 1 unspecified atom stereocenters. The molecule has 29 heavy (non-hydrogen) atoms. The van der Waals surface area contributed by atoms with Gasteiger partial charge in [0.1, 0.15) is 5.82 Å². The van der Waals surface area contributed by atoms with Crippen LogP contribution in [0.3, 0.4) is 0 Å². The summed E-state index contributed by atoms with van der Waals surface area (Å²) >= 11 is 0. The standard InChI is InChI=1S/C25H26FN3/c1-16-21(11-15-29-14-3-4-22(16)29)23-17(2)28-25(19-5-7-20(26)8-6-19)24(23)18-9-12-27-13-10-18/h5-10,12-13,22,28H,3-4,11,14-15H2,1-2H3. The van der Waals surface area contributed by atoms with Crippen LogP contribution in [0.2, 0.25) is 0 Å².